The molecule has 0 radical (unpaired) electrons. The van der Waals surface area contributed by atoms with Gasteiger partial charge in [-0.1, -0.05) is 0 Å². The summed E-state index contributed by atoms with van der Waals surface area (Å²) < 4.78 is 22.5. The molecule has 0 bridgehead atoms. The van der Waals surface area contributed by atoms with Crippen LogP contribution in [-0.2, 0) is 0 Å². The lowest BCUT2D eigenvalue weighted by molar-refractivity contribution is 0.0488. The lowest BCUT2D eigenvalue weighted by Crippen LogP contribution is -2.53. The Bertz CT molecular complexity index is 1300. The van der Waals surface area contributed by atoms with Gasteiger partial charge in [0.15, 0.2) is 17.7 Å². The molecule has 1 atom stereocenters. The van der Waals surface area contributed by atoms with Crippen molar-refractivity contribution in [2.45, 2.75) is 6.17 Å². The summed E-state index contributed by atoms with van der Waals surface area (Å²) in [7, 11) is 3.10. The maximum absolute atomic E-state index is 13.6. The first kappa shape index (κ1) is 22.1. The van der Waals surface area contributed by atoms with Crippen LogP contribution in [0.2, 0.25) is 0 Å². The Morgan fingerprint density at radius 3 is 2.68 bits per heavy atom. The number of hydrogen-bond acceptors (Lipinski definition) is 7. The topological polar surface area (TPSA) is 98.4 Å². The van der Waals surface area contributed by atoms with Crippen LogP contribution in [0, 0.1) is 3.57 Å². The Hall–Kier alpha value is -3.67. The first-order valence-corrected chi connectivity index (χ1v) is 11.4. The van der Waals surface area contributed by atoms with Crippen molar-refractivity contribution in [2.24, 2.45) is 0 Å². The molecular weight excluding hydrogens is 553 g/mol. The van der Waals surface area contributed by atoms with Gasteiger partial charge < -0.3 is 24.3 Å². The smallest absolute Gasteiger partial charge is 0.276 e. The molecule has 0 saturated carbocycles. The molecule has 34 heavy (non-hydrogen) atoms. The van der Waals surface area contributed by atoms with Gasteiger partial charge in [-0.15, -0.1) is 0 Å². The summed E-state index contributed by atoms with van der Waals surface area (Å²) in [6.07, 6.45) is -0.761. The highest BCUT2D eigenvalue weighted by atomic mass is 127. The van der Waals surface area contributed by atoms with Crippen LogP contribution in [0.3, 0.4) is 0 Å². The number of methoxy groups -OCH3 is 2. The number of rotatable bonds is 5. The quantitative estimate of drug-likeness (QED) is 0.447. The molecule has 2 heterocycles. The monoisotopic (exact) mass is 573 g/mol. The second kappa shape index (κ2) is 8.93. The summed E-state index contributed by atoms with van der Waals surface area (Å²) in [5, 5.41) is 4.62. The fourth-order valence-corrected chi connectivity index (χ4v) is 4.37. The lowest BCUT2D eigenvalue weighted by atomic mass is 10.0. The van der Waals surface area contributed by atoms with E-state index in [1.807, 2.05) is 12.1 Å². The Labute approximate surface area is 209 Å². The summed E-state index contributed by atoms with van der Waals surface area (Å²) in [6, 6.07) is 15.6. The highest BCUT2D eigenvalue weighted by Crippen LogP contribution is 2.38. The lowest BCUT2D eigenvalue weighted by Gasteiger charge is -2.38. The number of nitrogens with zero attached hydrogens (tertiary/aromatic N) is 1. The maximum atomic E-state index is 13.6. The second-order valence-electron chi connectivity index (χ2n) is 7.53. The fraction of sp³-hybridized carbons (Fsp3) is 0.167. The number of hydrazine groups is 1. The van der Waals surface area contributed by atoms with E-state index in [4.69, 9.17) is 18.9 Å². The molecule has 3 aromatic carbocycles. The Balaban J connectivity index is 1.55. The third kappa shape index (κ3) is 3.94. The number of ether oxygens (including phenoxy) is 4. The van der Waals surface area contributed by atoms with Gasteiger partial charge in [0.25, 0.3) is 11.8 Å². The first-order valence-electron chi connectivity index (χ1n) is 10.3. The van der Waals surface area contributed by atoms with E-state index in [1.54, 1.807) is 56.7 Å². The molecule has 5 rings (SSSR count). The number of nitrogens with one attached hydrogen (secondary N) is 2. The van der Waals surface area contributed by atoms with Crippen molar-refractivity contribution in [3.63, 3.8) is 0 Å². The third-order valence-electron chi connectivity index (χ3n) is 5.57. The molecular formula is C24H20IN3O6. The van der Waals surface area contributed by atoms with Crippen LogP contribution in [0.1, 0.15) is 32.4 Å². The van der Waals surface area contributed by atoms with Crippen LogP contribution >= 0.6 is 22.6 Å². The van der Waals surface area contributed by atoms with Crippen molar-refractivity contribution in [1.29, 1.82) is 0 Å². The van der Waals surface area contributed by atoms with Gasteiger partial charge in [-0.25, -0.2) is 5.01 Å². The first-order chi connectivity index (χ1) is 16.5. The number of carbonyl (C=O) groups is 2. The van der Waals surface area contributed by atoms with Crippen molar-refractivity contribution in [1.82, 2.24) is 10.4 Å². The summed E-state index contributed by atoms with van der Waals surface area (Å²) in [4.78, 5) is 26.8. The highest BCUT2D eigenvalue weighted by Gasteiger charge is 2.36. The maximum Gasteiger partial charge on any atom is 0.276 e. The average Bonchev–Trinajstić information content (AvgIpc) is 3.33. The minimum Gasteiger partial charge on any atom is -0.497 e. The van der Waals surface area contributed by atoms with Gasteiger partial charge in [0.05, 0.1) is 19.8 Å². The van der Waals surface area contributed by atoms with Crippen molar-refractivity contribution in [2.75, 3.05) is 26.3 Å². The summed E-state index contributed by atoms with van der Waals surface area (Å²) >= 11 is 2.14. The number of benzene rings is 3. The van der Waals surface area contributed by atoms with Gasteiger partial charge in [0.2, 0.25) is 6.79 Å². The van der Waals surface area contributed by atoms with Gasteiger partial charge >= 0.3 is 0 Å². The molecule has 2 N–H and O–H groups in total. The largest absolute Gasteiger partial charge is 0.497 e. The number of anilines is 1. The zero-order chi connectivity index (χ0) is 23.8. The Kier molecular flexibility index (Phi) is 5.82. The molecule has 0 unspecified atom stereocenters. The summed E-state index contributed by atoms with van der Waals surface area (Å²) in [5.74, 6) is 1.31. The normalized spacial score (nSPS) is 15.9. The molecule has 2 aliphatic rings. The number of carbonyl (C=O) groups excluding carboxylic acids is 2. The minimum absolute atomic E-state index is 0.0993. The van der Waals surface area contributed by atoms with E-state index in [2.05, 4.69) is 33.3 Å². The third-order valence-corrected chi connectivity index (χ3v) is 6.24. The van der Waals surface area contributed by atoms with E-state index in [-0.39, 0.29) is 12.7 Å². The van der Waals surface area contributed by atoms with Crippen molar-refractivity contribution >= 4 is 40.1 Å². The molecule has 10 heteroatoms. The second-order valence-corrected chi connectivity index (χ2v) is 8.77. The zero-order valence-electron chi connectivity index (χ0n) is 18.3. The van der Waals surface area contributed by atoms with Gasteiger partial charge in [-0.2, -0.15) is 0 Å². The van der Waals surface area contributed by atoms with Crippen LogP contribution in [0.4, 0.5) is 5.69 Å². The van der Waals surface area contributed by atoms with Crippen LogP contribution in [0.25, 0.3) is 0 Å². The molecule has 3 aromatic rings. The van der Waals surface area contributed by atoms with Crippen molar-refractivity contribution in [3.05, 3.63) is 74.9 Å². The van der Waals surface area contributed by atoms with E-state index < -0.39 is 12.1 Å². The highest BCUT2D eigenvalue weighted by molar-refractivity contribution is 14.1. The molecule has 0 fully saturated rings. The molecule has 2 amide bonds. The Morgan fingerprint density at radius 1 is 1.06 bits per heavy atom. The number of halogens is 1. The number of amides is 2. The SMILES string of the molecule is COc1ccc(OC)c([C@H]2Nc3ccc(I)cc3C(=O)N2NC(=O)c2ccc3c(c2)OCO3)c1. The molecule has 0 aromatic heterocycles. The van der Waals surface area contributed by atoms with E-state index >= 15 is 0 Å². The van der Waals surface area contributed by atoms with Gasteiger partial charge in [-0.3, -0.25) is 15.0 Å². The van der Waals surface area contributed by atoms with Crippen molar-refractivity contribution < 1.29 is 28.5 Å². The predicted octanol–water partition coefficient (Wildman–Crippen LogP) is 3.95. The van der Waals surface area contributed by atoms with Crippen LogP contribution in [-0.4, -0.2) is 37.8 Å². The Morgan fingerprint density at radius 2 is 1.88 bits per heavy atom. The summed E-state index contributed by atoms with van der Waals surface area (Å²) in [6.45, 7) is 0.0993. The van der Waals surface area contributed by atoms with Crippen molar-refractivity contribution in [3.8, 4) is 23.0 Å². The molecule has 174 valence electrons. The standard InChI is InChI=1S/C24H20IN3O6/c1-31-15-5-8-19(32-2)17(11-15)22-26-18-6-4-14(25)10-16(18)24(30)28(22)27-23(29)13-3-7-20-21(9-13)34-12-33-20/h3-11,22,26H,12H2,1-2H3,(H,27,29)/t22-/m0/s1. The van der Waals surface area contributed by atoms with E-state index in [1.165, 1.54) is 5.01 Å². The number of hydrogen-bond donors (Lipinski definition) is 2. The van der Waals surface area contributed by atoms with E-state index in [9.17, 15) is 9.59 Å². The zero-order valence-corrected chi connectivity index (χ0v) is 20.4. The fourth-order valence-electron chi connectivity index (χ4n) is 3.88. The van der Waals surface area contributed by atoms with Gasteiger partial charge in [0.1, 0.15) is 11.5 Å². The molecule has 9 nitrogen and oxygen atoms in total. The predicted molar refractivity (Wildman–Crippen MR) is 131 cm³/mol. The van der Waals surface area contributed by atoms with Crippen LogP contribution < -0.4 is 29.7 Å². The number of fused-ring (bicyclic) bond motifs is 2. The van der Waals surface area contributed by atoms with Gasteiger partial charge in [-0.05, 0) is 77.2 Å². The molecule has 2 aliphatic heterocycles. The average molecular weight is 573 g/mol. The molecule has 0 spiro atoms. The van der Waals surface area contributed by atoms with E-state index in [0.29, 0.717) is 45.4 Å². The molecule has 0 aliphatic carbocycles. The van der Waals surface area contributed by atoms with E-state index in [0.717, 1.165) is 3.57 Å². The van der Waals surface area contributed by atoms with Gasteiger partial charge in [0, 0.05) is 20.4 Å². The van der Waals surface area contributed by atoms with Crippen LogP contribution in [0.5, 0.6) is 23.0 Å². The minimum atomic E-state index is -0.761. The summed E-state index contributed by atoms with van der Waals surface area (Å²) in [5.41, 5.74) is 4.79. The molecule has 0 saturated heterocycles. The van der Waals surface area contributed by atoms with Crippen LogP contribution in [0.15, 0.2) is 54.6 Å².